The number of benzene rings is 1. The van der Waals surface area contributed by atoms with Crippen molar-refractivity contribution in [1.29, 1.82) is 0 Å². The van der Waals surface area contributed by atoms with E-state index < -0.39 is 0 Å². The molecule has 0 bridgehead atoms. The average Bonchev–Trinajstić information content (AvgIpc) is 3.18. The summed E-state index contributed by atoms with van der Waals surface area (Å²) in [7, 11) is 1.45. The predicted molar refractivity (Wildman–Crippen MR) is 134 cm³/mol. The Morgan fingerprint density at radius 1 is 1.06 bits per heavy atom. The number of hydrogen-bond acceptors (Lipinski definition) is 4. The summed E-state index contributed by atoms with van der Waals surface area (Å²) in [5.74, 6) is 1.09. The normalized spacial score (nSPS) is 18.9. The molecular weight excluding hydrogens is 418 g/mol. The van der Waals surface area contributed by atoms with E-state index in [-0.39, 0.29) is 28.7 Å². The number of thioether (sulfide) groups is 1. The third kappa shape index (κ3) is 9.40. The van der Waals surface area contributed by atoms with E-state index in [1.54, 1.807) is 0 Å². The van der Waals surface area contributed by atoms with E-state index in [9.17, 15) is 9.59 Å². The lowest BCUT2D eigenvalue weighted by molar-refractivity contribution is -0.140. The average molecular weight is 460 g/mol. The quantitative estimate of drug-likeness (QED) is 0.193. The van der Waals surface area contributed by atoms with Crippen LogP contribution < -0.4 is 0 Å². The molecule has 32 heavy (non-hydrogen) atoms. The van der Waals surface area contributed by atoms with Crippen LogP contribution in [0.3, 0.4) is 0 Å². The van der Waals surface area contributed by atoms with Crippen LogP contribution in [0.2, 0.25) is 0 Å². The molecule has 0 aromatic heterocycles. The number of rotatable bonds is 12. The van der Waals surface area contributed by atoms with Gasteiger partial charge in [0.2, 0.25) is 5.91 Å². The third-order valence-electron chi connectivity index (χ3n) is 5.68. The molecule has 0 spiro atoms. The number of carbonyl (C=O) groups excluding carboxylic acids is 2. The lowest BCUT2D eigenvalue weighted by Crippen LogP contribution is -2.38. The fraction of sp³-hybridized carbons (Fsp3) is 0.630. The van der Waals surface area contributed by atoms with E-state index in [4.69, 9.17) is 0 Å². The Labute approximate surface area is 199 Å². The number of amides is 1. The SMILES string of the molecule is COC(=O)CCCCCCCC/C=C/[C@@H]1CSC(c2ccccc2)N1C(=O)CC(C)(C)C. The molecule has 0 N–H and O–H groups in total. The van der Waals surface area contributed by atoms with E-state index in [0.29, 0.717) is 12.8 Å². The van der Waals surface area contributed by atoms with Crippen LogP contribution in [0.1, 0.15) is 89.5 Å². The van der Waals surface area contributed by atoms with Gasteiger partial charge in [-0.25, -0.2) is 0 Å². The van der Waals surface area contributed by atoms with Crippen molar-refractivity contribution < 1.29 is 14.3 Å². The molecule has 0 radical (unpaired) electrons. The topological polar surface area (TPSA) is 46.6 Å². The summed E-state index contributed by atoms with van der Waals surface area (Å²) < 4.78 is 4.67. The van der Waals surface area contributed by atoms with Crippen LogP contribution in [0.4, 0.5) is 0 Å². The van der Waals surface area contributed by atoms with Crippen molar-refractivity contribution in [3.8, 4) is 0 Å². The van der Waals surface area contributed by atoms with Gasteiger partial charge in [0.15, 0.2) is 0 Å². The van der Waals surface area contributed by atoms with Gasteiger partial charge in [-0.2, -0.15) is 0 Å². The molecule has 1 aromatic rings. The summed E-state index contributed by atoms with van der Waals surface area (Å²) >= 11 is 1.87. The molecule has 1 saturated heterocycles. The zero-order valence-electron chi connectivity index (χ0n) is 20.3. The molecule has 2 rings (SSSR count). The molecule has 1 fully saturated rings. The molecule has 1 unspecified atom stereocenters. The molecule has 4 nitrogen and oxygen atoms in total. The van der Waals surface area contributed by atoms with Gasteiger partial charge in [-0.15, -0.1) is 11.8 Å². The van der Waals surface area contributed by atoms with Crippen molar-refractivity contribution in [2.75, 3.05) is 12.9 Å². The molecule has 0 saturated carbocycles. The van der Waals surface area contributed by atoms with Gasteiger partial charge in [0.25, 0.3) is 0 Å². The van der Waals surface area contributed by atoms with Crippen molar-refractivity contribution in [3.05, 3.63) is 48.0 Å². The van der Waals surface area contributed by atoms with Crippen LogP contribution in [-0.2, 0) is 14.3 Å². The van der Waals surface area contributed by atoms with E-state index in [2.05, 4.69) is 66.8 Å². The Morgan fingerprint density at radius 3 is 2.38 bits per heavy atom. The van der Waals surface area contributed by atoms with Crippen molar-refractivity contribution in [2.24, 2.45) is 5.41 Å². The largest absolute Gasteiger partial charge is 0.469 e. The van der Waals surface area contributed by atoms with Crippen LogP contribution in [0, 0.1) is 5.41 Å². The van der Waals surface area contributed by atoms with Crippen molar-refractivity contribution in [1.82, 2.24) is 4.90 Å². The Bertz CT molecular complexity index is 726. The lowest BCUT2D eigenvalue weighted by atomic mass is 9.91. The smallest absolute Gasteiger partial charge is 0.305 e. The Kier molecular flexibility index (Phi) is 11.4. The van der Waals surface area contributed by atoms with E-state index >= 15 is 0 Å². The molecule has 1 aliphatic rings. The molecule has 178 valence electrons. The highest BCUT2D eigenvalue weighted by molar-refractivity contribution is 7.99. The first-order chi connectivity index (χ1) is 15.3. The maximum Gasteiger partial charge on any atom is 0.305 e. The van der Waals surface area contributed by atoms with Crippen molar-refractivity contribution in [2.45, 2.75) is 90.0 Å². The van der Waals surface area contributed by atoms with Crippen LogP contribution in [0.25, 0.3) is 0 Å². The minimum Gasteiger partial charge on any atom is -0.469 e. The van der Waals surface area contributed by atoms with Crippen LogP contribution in [0.15, 0.2) is 42.5 Å². The number of carbonyl (C=O) groups is 2. The molecule has 1 aliphatic heterocycles. The molecule has 0 aliphatic carbocycles. The van der Waals surface area contributed by atoms with Gasteiger partial charge < -0.3 is 9.64 Å². The van der Waals surface area contributed by atoms with E-state index in [0.717, 1.165) is 25.0 Å². The highest BCUT2D eigenvalue weighted by Crippen LogP contribution is 2.43. The highest BCUT2D eigenvalue weighted by atomic mass is 32.2. The Morgan fingerprint density at radius 2 is 1.72 bits per heavy atom. The summed E-state index contributed by atoms with van der Waals surface area (Å²) in [6.07, 6.45) is 13.5. The molecule has 1 heterocycles. The summed E-state index contributed by atoms with van der Waals surface area (Å²) in [6.45, 7) is 6.39. The van der Waals surface area contributed by atoms with E-state index in [1.807, 2.05) is 17.8 Å². The van der Waals surface area contributed by atoms with E-state index in [1.165, 1.54) is 38.4 Å². The fourth-order valence-corrected chi connectivity index (χ4v) is 5.44. The summed E-state index contributed by atoms with van der Waals surface area (Å²) in [5.41, 5.74) is 1.19. The molecule has 2 atom stereocenters. The summed E-state index contributed by atoms with van der Waals surface area (Å²) in [4.78, 5) is 26.4. The van der Waals surface area contributed by atoms with Gasteiger partial charge in [-0.3, -0.25) is 9.59 Å². The second kappa shape index (κ2) is 13.7. The number of esters is 1. The number of ether oxygens (including phenoxy) is 1. The lowest BCUT2D eigenvalue weighted by Gasteiger charge is -2.31. The van der Waals surface area contributed by atoms with Gasteiger partial charge in [0.05, 0.1) is 13.2 Å². The first-order valence-electron chi connectivity index (χ1n) is 12.0. The Hall–Kier alpha value is -1.75. The maximum atomic E-state index is 13.2. The van der Waals surface area contributed by atoms with Gasteiger partial charge in [0, 0.05) is 18.6 Å². The van der Waals surface area contributed by atoms with Gasteiger partial charge >= 0.3 is 5.97 Å². The zero-order valence-corrected chi connectivity index (χ0v) is 21.2. The summed E-state index contributed by atoms with van der Waals surface area (Å²) in [5, 5.41) is 0.102. The first kappa shape index (κ1) is 26.5. The number of hydrogen-bond donors (Lipinski definition) is 0. The maximum absolute atomic E-state index is 13.2. The predicted octanol–water partition coefficient (Wildman–Crippen LogP) is 6.92. The van der Waals surface area contributed by atoms with Gasteiger partial charge in [-0.1, -0.05) is 88.9 Å². The third-order valence-corrected chi connectivity index (χ3v) is 7.03. The number of unbranched alkanes of at least 4 members (excludes halogenated alkanes) is 6. The highest BCUT2D eigenvalue weighted by Gasteiger charge is 2.38. The number of allylic oxidation sites excluding steroid dienone is 1. The van der Waals surface area contributed by atoms with Crippen molar-refractivity contribution >= 4 is 23.6 Å². The molecule has 5 heteroatoms. The minimum atomic E-state index is -0.107. The second-order valence-corrected chi connectivity index (χ2v) is 11.0. The second-order valence-electron chi connectivity index (χ2n) is 9.87. The standard InChI is InChI=1S/C27H41NO3S/c1-27(2,3)20-24(29)28-23(21-32-26(28)22-16-12-11-13-17-22)18-14-9-7-5-6-8-10-15-19-25(30)31-4/h11-14,16-18,23,26H,5-10,15,19-21H2,1-4H3/b18-14+/t23-,26?/m1/s1. The zero-order chi connectivity index (χ0) is 23.4. The fourth-order valence-electron chi connectivity index (χ4n) is 4.00. The van der Waals surface area contributed by atoms with Crippen LogP contribution in [0.5, 0.6) is 0 Å². The summed E-state index contributed by atoms with van der Waals surface area (Å²) in [6, 6.07) is 10.6. The number of nitrogens with zero attached hydrogens (tertiary/aromatic N) is 1. The Balaban J connectivity index is 1.80. The van der Waals surface area contributed by atoms with Crippen molar-refractivity contribution in [3.63, 3.8) is 0 Å². The molecule has 1 amide bonds. The van der Waals surface area contributed by atoms with Gasteiger partial charge in [-0.05, 0) is 30.2 Å². The monoisotopic (exact) mass is 459 g/mol. The van der Waals surface area contributed by atoms with Crippen LogP contribution >= 0.6 is 11.8 Å². The van der Waals surface area contributed by atoms with Gasteiger partial charge in [0.1, 0.15) is 5.37 Å². The molecular formula is C27H41NO3S. The van der Waals surface area contributed by atoms with Crippen LogP contribution in [-0.4, -0.2) is 35.7 Å². The molecule has 1 aromatic carbocycles. The first-order valence-corrected chi connectivity index (χ1v) is 13.1. The minimum absolute atomic E-state index is 0.0172. The number of methoxy groups -OCH3 is 1.